The summed E-state index contributed by atoms with van der Waals surface area (Å²) in [5.41, 5.74) is 3.01. The Balaban J connectivity index is 1.74. The van der Waals surface area contributed by atoms with Crippen molar-refractivity contribution < 1.29 is 14.3 Å². The van der Waals surface area contributed by atoms with Crippen LogP contribution in [0.3, 0.4) is 0 Å². The average Bonchev–Trinajstić information content (AvgIpc) is 3.10. The second-order valence-corrected chi connectivity index (χ2v) is 7.55. The van der Waals surface area contributed by atoms with Gasteiger partial charge in [0, 0.05) is 6.20 Å². The van der Waals surface area contributed by atoms with Crippen molar-refractivity contribution in [3.63, 3.8) is 0 Å². The van der Waals surface area contributed by atoms with E-state index in [0.29, 0.717) is 13.2 Å². The highest BCUT2D eigenvalue weighted by atomic mass is 16.6. The first kappa shape index (κ1) is 17.8. The van der Waals surface area contributed by atoms with Crippen LogP contribution in [0.25, 0.3) is 0 Å². The third-order valence-corrected chi connectivity index (χ3v) is 5.53. The van der Waals surface area contributed by atoms with Gasteiger partial charge in [0.15, 0.2) is 0 Å². The van der Waals surface area contributed by atoms with E-state index in [0.717, 1.165) is 17.6 Å². The average molecular weight is 363 g/mol. The van der Waals surface area contributed by atoms with Crippen molar-refractivity contribution in [3.8, 4) is 0 Å². The molecule has 2 heterocycles. The number of cyclic esters (lactones) is 1. The van der Waals surface area contributed by atoms with Crippen molar-refractivity contribution in [3.05, 3.63) is 83.6 Å². The first-order valence-corrected chi connectivity index (χ1v) is 9.50. The minimum Gasteiger partial charge on any atom is -0.447 e. The number of rotatable bonds is 3. The molecule has 2 aliphatic heterocycles. The summed E-state index contributed by atoms with van der Waals surface area (Å²) in [6.45, 7) is 5.41. The van der Waals surface area contributed by atoms with Gasteiger partial charge in [-0.15, -0.1) is 0 Å². The van der Waals surface area contributed by atoms with E-state index in [9.17, 15) is 4.79 Å². The molecule has 0 N–H and O–H groups in total. The van der Waals surface area contributed by atoms with Gasteiger partial charge >= 0.3 is 6.09 Å². The van der Waals surface area contributed by atoms with Crippen LogP contribution < -0.4 is 0 Å². The lowest BCUT2D eigenvalue weighted by atomic mass is 9.77. The van der Waals surface area contributed by atoms with Gasteiger partial charge in [0.25, 0.3) is 0 Å². The summed E-state index contributed by atoms with van der Waals surface area (Å²) in [5.74, 6) is 0.266. The summed E-state index contributed by atoms with van der Waals surface area (Å²) in [7, 11) is 0. The molecule has 0 spiro atoms. The number of nitrogens with zero attached hydrogens (tertiary/aromatic N) is 1. The van der Waals surface area contributed by atoms with Crippen molar-refractivity contribution >= 4 is 6.09 Å². The molecule has 4 rings (SSSR count). The standard InChI is InChI=1S/C23H25NO3/c1-17-15-23(2,19-11-7-4-8-12-19)27-21(18-9-5-3-6-10-18)20(17)16-24-13-14-26-22(24)25/h3-12,16-17,21H,13-15H2,1-2H3/b20-16-/t17-,21+,23+/m1/s1. The maximum Gasteiger partial charge on any atom is 0.413 e. The molecular weight excluding hydrogens is 338 g/mol. The predicted octanol–water partition coefficient (Wildman–Crippen LogP) is 5.04. The minimum atomic E-state index is -0.385. The summed E-state index contributed by atoms with van der Waals surface area (Å²) in [6, 6.07) is 20.6. The monoisotopic (exact) mass is 363 g/mol. The van der Waals surface area contributed by atoms with E-state index in [4.69, 9.17) is 9.47 Å². The van der Waals surface area contributed by atoms with Crippen LogP contribution in [0.15, 0.2) is 72.4 Å². The normalized spacial score (nSPS) is 29.8. The Morgan fingerprint density at radius 1 is 1.07 bits per heavy atom. The number of hydrogen-bond donors (Lipinski definition) is 0. The quantitative estimate of drug-likeness (QED) is 0.767. The van der Waals surface area contributed by atoms with E-state index in [1.165, 1.54) is 5.56 Å². The topological polar surface area (TPSA) is 38.8 Å². The Kier molecular flexibility index (Phi) is 4.75. The molecule has 0 unspecified atom stereocenters. The number of amides is 1. The number of benzene rings is 2. The van der Waals surface area contributed by atoms with Gasteiger partial charge in [0.05, 0.1) is 12.1 Å². The van der Waals surface area contributed by atoms with Crippen molar-refractivity contribution in [1.82, 2.24) is 4.90 Å². The van der Waals surface area contributed by atoms with Crippen molar-refractivity contribution in [2.45, 2.75) is 32.0 Å². The summed E-state index contributed by atoms with van der Waals surface area (Å²) >= 11 is 0. The summed E-state index contributed by atoms with van der Waals surface area (Å²) in [5, 5.41) is 0. The fourth-order valence-corrected chi connectivity index (χ4v) is 4.10. The lowest BCUT2D eigenvalue weighted by Crippen LogP contribution is -2.38. The highest BCUT2D eigenvalue weighted by Crippen LogP contribution is 2.48. The number of ether oxygens (including phenoxy) is 2. The summed E-state index contributed by atoms with van der Waals surface area (Å²) < 4.78 is 11.8. The van der Waals surface area contributed by atoms with Crippen LogP contribution in [0, 0.1) is 5.92 Å². The van der Waals surface area contributed by atoms with Crippen LogP contribution >= 0.6 is 0 Å². The maximum absolute atomic E-state index is 12.0. The molecule has 2 fully saturated rings. The van der Waals surface area contributed by atoms with Gasteiger partial charge in [0.1, 0.15) is 12.7 Å². The zero-order valence-electron chi connectivity index (χ0n) is 15.8. The van der Waals surface area contributed by atoms with E-state index in [1.54, 1.807) is 4.90 Å². The minimum absolute atomic E-state index is 0.200. The molecule has 4 nitrogen and oxygen atoms in total. The van der Waals surface area contributed by atoms with Crippen LogP contribution in [0.4, 0.5) is 4.79 Å². The molecule has 27 heavy (non-hydrogen) atoms. The van der Waals surface area contributed by atoms with Crippen LogP contribution in [0.2, 0.25) is 0 Å². The van der Waals surface area contributed by atoms with Gasteiger partial charge in [-0.25, -0.2) is 4.79 Å². The fraction of sp³-hybridized carbons (Fsp3) is 0.348. The summed E-state index contributed by atoms with van der Waals surface area (Å²) in [6.07, 6.45) is 2.32. The Labute approximate surface area is 160 Å². The number of hydrogen-bond acceptors (Lipinski definition) is 3. The Morgan fingerprint density at radius 2 is 1.74 bits per heavy atom. The first-order chi connectivity index (χ1) is 13.1. The number of carbonyl (C=O) groups excluding carboxylic acids is 1. The second-order valence-electron chi connectivity index (χ2n) is 7.55. The van der Waals surface area contributed by atoms with Gasteiger partial charge in [-0.3, -0.25) is 4.90 Å². The highest BCUT2D eigenvalue weighted by Gasteiger charge is 2.42. The fourth-order valence-electron chi connectivity index (χ4n) is 4.10. The van der Waals surface area contributed by atoms with Gasteiger partial charge in [0.2, 0.25) is 0 Å². The molecule has 2 aliphatic rings. The van der Waals surface area contributed by atoms with Crippen LogP contribution in [0.1, 0.15) is 37.5 Å². The molecule has 0 aromatic heterocycles. The molecule has 3 atom stereocenters. The maximum atomic E-state index is 12.0. The zero-order chi connectivity index (χ0) is 18.9. The third kappa shape index (κ3) is 3.50. The first-order valence-electron chi connectivity index (χ1n) is 9.50. The second kappa shape index (κ2) is 7.20. The van der Waals surface area contributed by atoms with Crippen LogP contribution in [-0.4, -0.2) is 24.1 Å². The van der Waals surface area contributed by atoms with Crippen molar-refractivity contribution in [2.24, 2.45) is 5.92 Å². The van der Waals surface area contributed by atoms with E-state index >= 15 is 0 Å². The largest absolute Gasteiger partial charge is 0.447 e. The molecule has 0 saturated carbocycles. The molecule has 0 aliphatic carbocycles. The van der Waals surface area contributed by atoms with Gasteiger partial charge in [-0.05, 0) is 36.0 Å². The molecule has 2 aromatic carbocycles. The Morgan fingerprint density at radius 3 is 2.37 bits per heavy atom. The molecule has 140 valence electrons. The molecule has 0 radical (unpaired) electrons. The Hall–Kier alpha value is -2.59. The predicted molar refractivity (Wildman–Crippen MR) is 104 cm³/mol. The van der Waals surface area contributed by atoms with E-state index in [2.05, 4.69) is 50.2 Å². The molecular formula is C23H25NO3. The van der Waals surface area contributed by atoms with Crippen LogP contribution in [-0.2, 0) is 15.1 Å². The van der Waals surface area contributed by atoms with E-state index < -0.39 is 0 Å². The number of carbonyl (C=O) groups is 1. The van der Waals surface area contributed by atoms with E-state index in [-0.39, 0.29) is 23.7 Å². The van der Waals surface area contributed by atoms with Crippen molar-refractivity contribution in [1.29, 1.82) is 0 Å². The molecule has 0 bridgehead atoms. The molecule has 4 heteroatoms. The van der Waals surface area contributed by atoms with Gasteiger partial charge in [-0.1, -0.05) is 67.6 Å². The summed E-state index contributed by atoms with van der Waals surface area (Å²) in [4.78, 5) is 13.6. The van der Waals surface area contributed by atoms with E-state index in [1.807, 2.05) is 30.5 Å². The van der Waals surface area contributed by atoms with Crippen LogP contribution in [0.5, 0.6) is 0 Å². The lowest BCUT2D eigenvalue weighted by Gasteiger charge is -2.44. The third-order valence-electron chi connectivity index (χ3n) is 5.53. The molecule has 2 aromatic rings. The molecule has 1 amide bonds. The molecule has 2 saturated heterocycles. The highest BCUT2D eigenvalue weighted by molar-refractivity contribution is 5.70. The Bertz CT molecular complexity index is 833. The van der Waals surface area contributed by atoms with Gasteiger partial charge in [-0.2, -0.15) is 0 Å². The smallest absolute Gasteiger partial charge is 0.413 e. The lowest BCUT2D eigenvalue weighted by molar-refractivity contribution is -0.113. The van der Waals surface area contributed by atoms with Gasteiger partial charge < -0.3 is 9.47 Å². The zero-order valence-corrected chi connectivity index (χ0v) is 15.8. The van der Waals surface area contributed by atoms with Crippen molar-refractivity contribution in [2.75, 3.05) is 13.2 Å². The SMILES string of the molecule is C[C@@H]1C[C@@](C)(c2ccccc2)O[C@@H](c2ccccc2)/C1=C\N1CCOC1=O.